The third-order valence-corrected chi connectivity index (χ3v) is 5.65. The molecule has 0 amide bonds. The lowest BCUT2D eigenvalue weighted by Gasteiger charge is -2.24. The maximum absolute atomic E-state index is 14.7. The summed E-state index contributed by atoms with van der Waals surface area (Å²) in [4.78, 5) is 39.0. The number of aromatic amines is 1. The van der Waals surface area contributed by atoms with Crippen LogP contribution in [0.4, 0.5) is 8.78 Å². The van der Waals surface area contributed by atoms with E-state index in [0.717, 1.165) is 0 Å². The lowest BCUT2D eigenvalue weighted by Crippen LogP contribution is -2.42. The number of rotatable bonds is 6. The number of hydrogen-bond acceptors (Lipinski definition) is 9. The molecule has 1 fully saturated rings. The van der Waals surface area contributed by atoms with Crippen LogP contribution < -0.4 is 5.56 Å². The van der Waals surface area contributed by atoms with Gasteiger partial charge in [0.25, 0.3) is 11.4 Å². The molecule has 1 aliphatic heterocycles. The van der Waals surface area contributed by atoms with Gasteiger partial charge in [0.15, 0.2) is 11.0 Å². The quantitative estimate of drug-likeness (QED) is 0.230. The average molecular weight is 456 g/mol. The molecule has 2 rings (SSSR count). The highest BCUT2D eigenvalue weighted by Crippen LogP contribution is 2.58. The summed E-state index contributed by atoms with van der Waals surface area (Å²) in [7, 11) is -11.0. The van der Waals surface area contributed by atoms with Gasteiger partial charge in [-0.1, -0.05) is 0 Å². The molecule has 0 bridgehead atoms. The van der Waals surface area contributed by atoms with Gasteiger partial charge in [-0.05, 0) is 12.2 Å². The second-order valence-corrected chi connectivity index (χ2v) is 8.40. The summed E-state index contributed by atoms with van der Waals surface area (Å²) < 4.78 is 62.2. The van der Waals surface area contributed by atoms with Gasteiger partial charge in [-0.2, -0.15) is 8.70 Å². The van der Waals surface area contributed by atoms with Crippen LogP contribution in [-0.4, -0.2) is 59.1 Å². The molecule has 6 N–H and O–H groups in total. The summed E-state index contributed by atoms with van der Waals surface area (Å²) in [6, 6.07) is 0. The molecule has 0 spiro atoms. The van der Waals surface area contributed by atoms with Crippen LogP contribution in [0.25, 0.3) is 0 Å². The smallest absolute Gasteiger partial charge is 0.385 e. The SMILES string of the molecule is O=c1[nH]c(=S)n([C@@H]2O[C@](F)(COP(=O)(O)OP(=O)(O)O)[C@@H](O)[C@H]2O)cc1F. The van der Waals surface area contributed by atoms with Crippen LogP contribution in [0.3, 0.4) is 0 Å². The topological polar surface area (TPSA) is 201 Å². The molecule has 1 aromatic heterocycles. The first-order chi connectivity index (χ1) is 12.2. The maximum atomic E-state index is 14.7. The van der Waals surface area contributed by atoms with Crippen LogP contribution in [0.2, 0.25) is 0 Å². The number of nitrogens with zero attached hydrogens (tertiary/aromatic N) is 1. The molecule has 1 saturated heterocycles. The fourth-order valence-electron chi connectivity index (χ4n) is 2.07. The molecule has 2 heterocycles. The summed E-state index contributed by atoms with van der Waals surface area (Å²) >= 11 is 4.71. The Bertz CT molecular complexity index is 933. The fraction of sp³-hybridized carbons (Fsp3) is 0.556. The zero-order valence-corrected chi connectivity index (χ0v) is 15.3. The van der Waals surface area contributed by atoms with Crippen molar-refractivity contribution in [1.82, 2.24) is 9.55 Å². The number of H-pyrrole nitrogens is 1. The number of phosphoric ester groups is 1. The monoisotopic (exact) mass is 456 g/mol. The molecule has 154 valence electrons. The third kappa shape index (κ3) is 5.13. The Balaban J connectivity index is 2.24. The van der Waals surface area contributed by atoms with Crippen LogP contribution in [0, 0.1) is 10.6 Å². The molecule has 1 unspecified atom stereocenters. The molecular formula is C9H12F2N2O11P2S. The molecule has 1 aromatic rings. The third-order valence-electron chi connectivity index (χ3n) is 3.21. The summed E-state index contributed by atoms with van der Waals surface area (Å²) in [5.41, 5.74) is -1.21. The largest absolute Gasteiger partial charge is 0.481 e. The number of aromatic nitrogens is 2. The molecule has 5 atom stereocenters. The van der Waals surface area contributed by atoms with Crippen molar-refractivity contribution in [3.05, 3.63) is 27.1 Å². The van der Waals surface area contributed by atoms with Crippen molar-refractivity contribution in [1.29, 1.82) is 0 Å². The summed E-state index contributed by atoms with van der Waals surface area (Å²) in [6.45, 7) is -1.63. The van der Waals surface area contributed by atoms with E-state index in [4.69, 9.17) is 31.6 Å². The molecule has 0 radical (unpaired) electrons. The Kier molecular flexibility index (Phi) is 6.22. The minimum Gasteiger partial charge on any atom is -0.385 e. The van der Waals surface area contributed by atoms with E-state index in [9.17, 15) is 32.9 Å². The van der Waals surface area contributed by atoms with Crippen LogP contribution >= 0.6 is 27.9 Å². The van der Waals surface area contributed by atoms with E-state index in [1.54, 1.807) is 0 Å². The van der Waals surface area contributed by atoms with E-state index >= 15 is 0 Å². The van der Waals surface area contributed by atoms with Crippen LogP contribution in [0.15, 0.2) is 11.0 Å². The minimum absolute atomic E-state index is 0.461. The van der Waals surface area contributed by atoms with E-state index in [2.05, 4.69) is 8.83 Å². The van der Waals surface area contributed by atoms with Crippen LogP contribution in [0.5, 0.6) is 0 Å². The maximum Gasteiger partial charge on any atom is 0.481 e. The van der Waals surface area contributed by atoms with Crippen LogP contribution in [-0.2, 0) is 22.7 Å². The second kappa shape index (κ2) is 7.50. The molecule has 0 saturated carbocycles. The predicted molar refractivity (Wildman–Crippen MR) is 80.7 cm³/mol. The predicted octanol–water partition coefficient (Wildman–Crippen LogP) is -0.812. The fourth-order valence-corrected chi connectivity index (χ4v) is 3.92. The van der Waals surface area contributed by atoms with Gasteiger partial charge in [0.05, 0.1) is 6.20 Å². The Morgan fingerprint density at radius 3 is 2.52 bits per heavy atom. The first kappa shape index (κ1) is 22.4. The lowest BCUT2D eigenvalue weighted by molar-refractivity contribution is -0.204. The number of halogens is 2. The molecule has 18 heteroatoms. The molecule has 13 nitrogen and oxygen atoms in total. The van der Waals surface area contributed by atoms with E-state index in [1.165, 1.54) is 0 Å². The molecular weight excluding hydrogens is 444 g/mol. The zero-order chi connectivity index (χ0) is 20.8. The van der Waals surface area contributed by atoms with E-state index < -0.39 is 62.7 Å². The molecule has 0 aromatic carbocycles. The number of alkyl halides is 1. The minimum atomic E-state index is -5.48. The van der Waals surface area contributed by atoms with Crippen LogP contribution in [0.1, 0.15) is 6.23 Å². The first-order valence-electron chi connectivity index (χ1n) is 6.63. The van der Waals surface area contributed by atoms with Gasteiger partial charge in [0.1, 0.15) is 18.8 Å². The number of phosphoric acid groups is 2. The molecule has 1 aliphatic rings. The number of aliphatic hydroxyl groups is 2. The van der Waals surface area contributed by atoms with Gasteiger partial charge in [-0.3, -0.25) is 18.9 Å². The number of ether oxygens (including phenoxy) is 1. The summed E-state index contributed by atoms with van der Waals surface area (Å²) in [5, 5.41) is 19.7. The summed E-state index contributed by atoms with van der Waals surface area (Å²) in [5.74, 6) is -4.78. The van der Waals surface area contributed by atoms with Crippen molar-refractivity contribution in [3.8, 4) is 0 Å². The Morgan fingerprint density at radius 2 is 1.96 bits per heavy atom. The van der Waals surface area contributed by atoms with Gasteiger partial charge in [0.2, 0.25) is 5.82 Å². The summed E-state index contributed by atoms with van der Waals surface area (Å²) in [6.07, 6.45) is -5.98. The van der Waals surface area contributed by atoms with Gasteiger partial charge < -0.3 is 29.6 Å². The highest BCUT2D eigenvalue weighted by atomic mass is 32.1. The Morgan fingerprint density at radius 1 is 1.37 bits per heavy atom. The van der Waals surface area contributed by atoms with E-state index in [0.29, 0.717) is 10.8 Å². The zero-order valence-electron chi connectivity index (χ0n) is 12.7. The highest BCUT2D eigenvalue weighted by Gasteiger charge is 2.57. The van der Waals surface area contributed by atoms with Crippen molar-refractivity contribution < 1.29 is 56.4 Å². The number of aliphatic hydroxyl groups excluding tert-OH is 2. The average Bonchev–Trinajstić information content (AvgIpc) is 2.72. The molecule has 27 heavy (non-hydrogen) atoms. The normalized spacial score (nSPS) is 31.0. The van der Waals surface area contributed by atoms with Crippen molar-refractivity contribution in [2.24, 2.45) is 0 Å². The van der Waals surface area contributed by atoms with Crippen molar-refractivity contribution in [3.63, 3.8) is 0 Å². The molecule has 0 aliphatic carbocycles. The van der Waals surface area contributed by atoms with Gasteiger partial charge >= 0.3 is 15.6 Å². The van der Waals surface area contributed by atoms with E-state index in [-0.39, 0.29) is 0 Å². The van der Waals surface area contributed by atoms with Gasteiger partial charge in [0, 0.05) is 0 Å². The standard InChI is InChI=1S/C9H12F2N2O11P2S/c10-3-1-13(8(27)12-6(3)16)7-4(14)5(15)9(11,23-7)2-22-26(20,21)24-25(17,18)19/h1,4-5,7,14-15H,2H2,(H,20,21)(H,12,16,27)(H2,17,18,19)/t4-,5+,7-,9-/m1/s1. The Hall–Kier alpha value is -0.900. The van der Waals surface area contributed by atoms with Gasteiger partial charge in [-0.15, -0.1) is 0 Å². The lowest BCUT2D eigenvalue weighted by atomic mass is 10.1. The van der Waals surface area contributed by atoms with Crippen molar-refractivity contribution in [2.45, 2.75) is 24.3 Å². The number of hydrogen-bond donors (Lipinski definition) is 6. The first-order valence-corrected chi connectivity index (χ1v) is 10.1. The number of nitrogens with one attached hydrogen (secondary N) is 1. The van der Waals surface area contributed by atoms with Crippen molar-refractivity contribution in [2.75, 3.05) is 6.61 Å². The van der Waals surface area contributed by atoms with Gasteiger partial charge in [-0.25, -0.2) is 13.5 Å². The second-order valence-electron chi connectivity index (χ2n) is 5.19. The Labute approximate surface area is 152 Å². The van der Waals surface area contributed by atoms with Crippen molar-refractivity contribution >= 4 is 27.9 Å². The highest BCUT2D eigenvalue weighted by molar-refractivity contribution is 7.71. The van der Waals surface area contributed by atoms with E-state index in [1.807, 2.05) is 4.98 Å².